The number of Topliss-reactive ketones (excluding diaryl/α,β-unsaturated/α-hetero) is 1. The van der Waals surface area contributed by atoms with Gasteiger partial charge in [-0.05, 0) is 41.4 Å². The summed E-state index contributed by atoms with van der Waals surface area (Å²) in [5, 5.41) is 8.94. The molecule has 3 amide bonds. The minimum Gasteiger partial charge on any atom is -0.363 e. The summed E-state index contributed by atoms with van der Waals surface area (Å²) >= 11 is 1.47. The zero-order valence-electron chi connectivity index (χ0n) is 25.3. The number of hydrogen-bond donors (Lipinski definition) is 3. The van der Waals surface area contributed by atoms with E-state index >= 15 is 0 Å². The number of carbonyl (C=O) groups excluding carboxylic acids is 4. The van der Waals surface area contributed by atoms with Crippen LogP contribution in [0.4, 0.5) is 5.13 Å². The Bertz CT molecular complexity index is 1180. The predicted molar refractivity (Wildman–Crippen MR) is 157 cm³/mol. The van der Waals surface area contributed by atoms with E-state index in [1.807, 2.05) is 26.2 Å². The quantitative estimate of drug-likeness (QED) is 0.382. The van der Waals surface area contributed by atoms with Crippen LogP contribution in [0, 0.1) is 22.2 Å². The van der Waals surface area contributed by atoms with Gasteiger partial charge in [-0.2, -0.15) is 0 Å². The van der Waals surface area contributed by atoms with Crippen molar-refractivity contribution < 1.29 is 19.2 Å². The van der Waals surface area contributed by atoms with Crippen molar-refractivity contribution in [1.29, 1.82) is 0 Å². The molecule has 1 aliphatic heterocycles. The molecule has 1 unspecified atom stereocenters. The largest absolute Gasteiger partial charge is 0.363 e. The van der Waals surface area contributed by atoms with Crippen molar-refractivity contribution in [3.05, 3.63) is 11.1 Å². The maximum atomic E-state index is 14.3. The molecule has 4 rings (SSSR count). The first kappa shape index (κ1) is 30.5. The van der Waals surface area contributed by atoms with Crippen LogP contribution in [-0.2, 0) is 24.6 Å². The highest BCUT2D eigenvalue weighted by atomic mass is 32.1. The normalized spacial score (nSPS) is 25.7. The van der Waals surface area contributed by atoms with Crippen molar-refractivity contribution in [2.75, 3.05) is 11.9 Å². The number of thiazole rings is 1. The molecule has 0 radical (unpaired) electrons. The Balaban J connectivity index is 1.59. The minimum atomic E-state index is -1.04. The van der Waals surface area contributed by atoms with Gasteiger partial charge in [0.25, 0.3) is 5.91 Å². The molecular weight excluding hydrogens is 526 g/mol. The van der Waals surface area contributed by atoms with E-state index in [4.69, 9.17) is 10.7 Å². The molecule has 10 heteroatoms. The number of hydrogen-bond acceptors (Lipinski definition) is 7. The summed E-state index contributed by atoms with van der Waals surface area (Å²) in [5.74, 6) is -2.07. The van der Waals surface area contributed by atoms with Crippen molar-refractivity contribution >= 4 is 40.0 Å². The van der Waals surface area contributed by atoms with Crippen LogP contribution in [-0.4, -0.2) is 58.1 Å². The van der Waals surface area contributed by atoms with E-state index in [0.29, 0.717) is 24.5 Å². The van der Waals surface area contributed by atoms with E-state index in [0.717, 1.165) is 31.4 Å². The molecule has 2 saturated carbocycles. The van der Waals surface area contributed by atoms with Gasteiger partial charge < -0.3 is 21.3 Å². The number of amides is 3. The van der Waals surface area contributed by atoms with E-state index in [1.165, 1.54) is 11.3 Å². The average Bonchev–Trinajstić information content (AvgIpc) is 3.18. The molecule has 2 aliphatic carbocycles. The number of nitrogens with two attached hydrogens (primary N) is 1. The number of nitrogens with zero attached hydrogens (tertiary/aromatic N) is 2. The van der Waals surface area contributed by atoms with Crippen molar-refractivity contribution in [2.24, 2.45) is 27.9 Å². The summed E-state index contributed by atoms with van der Waals surface area (Å²) < 4.78 is 0. The van der Waals surface area contributed by atoms with Crippen molar-refractivity contribution in [3.63, 3.8) is 0 Å². The molecule has 3 fully saturated rings. The lowest BCUT2D eigenvalue weighted by molar-refractivity contribution is -0.142. The molecule has 0 bridgehead atoms. The molecule has 1 spiro atoms. The number of rotatable bonds is 9. The van der Waals surface area contributed by atoms with Crippen LogP contribution < -0.4 is 16.4 Å². The summed E-state index contributed by atoms with van der Waals surface area (Å²) in [5.41, 5.74) is 5.58. The topological polar surface area (TPSA) is 134 Å². The Morgan fingerprint density at radius 2 is 1.77 bits per heavy atom. The van der Waals surface area contributed by atoms with Gasteiger partial charge in [-0.3, -0.25) is 19.2 Å². The van der Waals surface area contributed by atoms with E-state index in [2.05, 4.69) is 45.3 Å². The van der Waals surface area contributed by atoms with Gasteiger partial charge in [-0.15, -0.1) is 11.3 Å². The number of anilines is 1. The average molecular weight is 574 g/mol. The summed E-state index contributed by atoms with van der Waals surface area (Å²) in [6.07, 6.45) is 4.87. The summed E-state index contributed by atoms with van der Waals surface area (Å²) in [6.45, 7) is 17.1. The van der Waals surface area contributed by atoms with Crippen LogP contribution in [0.2, 0.25) is 0 Å². The molecule has 1 aromatic rings. The number of aromatic nitrogens is 1. The molecule has 4 N–H and O–H groups in total. The third-order valence-corrected chi connectivity index (χ3v) is 10.2. The summed E-state index contributed by atoms with van der Waals surface area (Å²) in [4.78, 5) is 59.0. The lowest BCUT2D eigenvalue weighted by atomic mass is 9.80. The number of ketones is 1. The summed E-state index contributed by atoms with van der Waals surface area (Å²) in [7, 11) is 0. The summed E-state index contributed by atoms with van der Waals surface area (Å²) in [6, 6.07) is -2.30. The van der Waals surface area contributed by atoms with Gasteiger partial charge in [0.15, 0.2) is 5.13 Å². The second-order valence-corrected chi connectivity index (χ2v) is 15.9. The molecule has 40 heavy (non-hydrogen) atoms. The Labute approximate surface area is 242 Å². The Hall–Kier alpha value is -2.49. The predicted octanol–water partition coefficient (Wildman–Crippen LogP) is 4.01. The number of nitrogens with one attached hydrogen (secondary N) is 2. The van der Waals surface area contributed by atoms with Crippen LogP contribution in [0.5, 0.6) is 0 Å². The lowest BCUT2D eigenvalue weighted by Crippen LogP contribution is -2.56. The molecule has 222 valence electrons. The molecule has 1 aromatic heterocycles. The van der Waals surface area contributed by atoms with Crippen LogP contribution in [0.3, 0.4) is 0 Å². The van der Waals surface area contributed by atoms with Gasteiger partial charge in [-0.1, -0.05) is 74.7 Å². The van der Waals surface area contributed by atoms with E-state index < -0.39 is 35.2 Å². The molecule has 1 saturated heterocycles. The van der Waals surface area contributed by atoms with Crippen LogP contribution in [0.15, 0.2) is 5.38 Å². The van der Waals surface area contributed by atoms with Crippen molar-refractivity contribution in [2.45, 2.75) is 117 Å². The first-order valence-electron chi connectivity index (χ1n) is 14.5. The number of carbonyl (C=O) groups is 4. The SMILES string of the molecule is CC(C)(C)c1csc(N[C@H](C(=O)N2C[C@]3(C[C@H]2C(=O)NC(CC2CCC2)C(=O)C(N)=O)CC3(C)C)C(C)(C)C)n1. The highest BCUT2D eigenvalue weighted by molar-refractivity contribution is 7.13. The second-order valence-electron chi connectivity index (χ2n) is 15.1. The van der Waals surface area contributed by atoms with Crippen LogP contribution in [0.1, 0.15) is 99.6 Å². The molecule has 4 atom stereocenters. The first-order valence-corrected chi connectivity index (χ1v) is 15.4. The molecule has 3 aliphatic rings. The minimum absolute atomic E-state index is 0.0104. The van der Waals surface area contributed by atoms with Gasteiger partial charge in [0, 0.05) is 17.3 Å². The Morgan fingerprint density at radius 1 is 1.15 bits per heavy atom. The zero-order chi connectivity index (χ0) is 29.8. The van der Waals surface area contributed by atoms with E-state index in [-0.39, 0.29) is 34.0 Å². The monoisotopic (exact) mass is 573 g/mol. The molecule has 0 aromatic carbocycles. The second kappa shape index (κ2) is 10.4. The van der Waals surface area contributed by atoms with E-state index in [9.17, 15) is 19.2 Å². The highest BCUT2D eigenvalue weighted by Gasteiger charge is 2.67. The van der Waals surface area contributed by atoms with Crippen LogP contribution in [0.25, 0.3) is 0 Å². The Kier molecular flexibility index (Phi) is 7.93. The Morgan fingerprint density at radius 3 is 2.23 bits per heavy atom. The zero-order valence-corrected chi connectivity index (χ0v) is 26.2. The lowest BCUT2D eigenvalue weighted by Gasteiger charge is -2.36. The fourth-order valence-corrected chi connectivity index (χ4v) is 7.19. The fourth-order valence-electron chi connectivity index (χ4n) is 6.22. The molecule has 9 nitrogen and oxygen atoms in total. The third kappa shape index (κ3) is 6.06. The maximum absolute atomic E-state index is 14.3. The number of likely N-dealkylation sites (tertiary alicyclic amines) is 1. The maximum Gasteiger partial charge on any atom is 0.287 e. The van der Waals surface area contributed by atoms with Gasteiger partial charge in [0.1, 0.15) is 12.1 Å². The number of primary amides is 1. The van der Waals surface area contributed by atoms with Gasteiger partial charge in [-0.25, -0.2) is 4.98 Å². The highest BCUT2D eigenvalue weighted by Crippen LogP contribution is 2.69. The van der Waals surface area contributed by atoms with Crippen LogP contribution >= 0.6 is 11.3 Å². The van der Waals surface area contributed by atoms with Gasteiger partial charge in [0.2, 0.25) is 17.6 Å². The van der Waals surface area contributed by atoms with E-state index in [1.54, 1.807) is 4.90 Å². The van der Waals surface area contributed by atoms with Gasteiger partial charge in [0.05, 0.1) is 11.7 Å². The standard InChI is InChI=1S/C30H47N5O4S/c1-27(2,3)20-14-40-26(33-20)34-22(28(4,5)6)25(39)35-16-30(15-29(30,7)8)13-19(35)24(38)32-18(21(36)23(31)37)12-17-10-9-11-17/h14,17-19,22H,9-13,15-16H2,1-8H3,(H2,31,37)(H,32,38)(H,33,34)/t18?,19-,22+,30-/m0/s1. The molecule has 2 heterocycles. The first-order chi connectivity index (χ1) is 18.3. The van der Waals surface area contributed by atoms with Crippen molar-refractivity contribution in [3.8, 4) is 0 Å². The third-order valence-electron chi connectivity index (χ3n) is 9.43. The van der Waals surface area contributed by atoms with Gasteiger partial charge >= 0.3 is 0 Å². The van der Waals surface area contributed by atoms with Crippen molar-refractivity contribution in [1.82, 2.24) is 15.2 Å². The smallest absolute Gasteiger partial charge is 0.287 e. The molecular formula is C30H47N5O4S. The fraction of sp³-hybridized carbons (Fsp3) is 0.767.